The van der Waals surface area contributed by atoms with Gasteiger partial charge in [-0.2, -0.15) is 12.6 Å². The Morgan fingerprint density at radius 1 is 0.923 bits per heavy atom. The highest BCUT2D eigenvalue weighted by Crippen LogP contribution is 2.07. The molecule has 0 saturated heterocycles. The maximum absolute atomic E-state index is 9.71. The zero-order valence-corrected chi connectivity index (χ0v) is 9.06. The summed E-state index contributed by atoms with van der Waals surface area (Å²) >= 11 is 4.15. The lowest BCUT2D eigenvalue weighted by molar-refractivity contribution is 0.559. The van der Waals surface area contributed by atoms with Crippen LogP contribution in [0.5, 0.6) is 0 Å². The number of aliphatic imine (C=N–C) groups is 1. The molecule has 0 aromatic carbocycles. The van der Waals surface area contributed by atoms with E-state index in [1.165, 1.54) is 38.5 Å². The lowest BCUT2D eigenvalue weighted by Crippen LogP contribution is -1.83. The van der Waals surface area contributed by atoms with Gasteiger partial charge in [0.05, 0.1) is 6.54 Å². The van der Waals surface area contributed by atoms with Gasteiger partial charge in [-0.05, 0) is 18.6 Å². The molecule has 0 amide bonds. The van der Waals surface area contributed by atoms with Crippen molar-refractivity contribution in [1.29, 1.82) is 0 Å². The zero-order chi connectivity index (χ0) is 9.78. The van der Waals surface area contributed by atoms with Crippen molar-refractivity contribution in [2.45, 2.75) is 44.9 Å². The Morgan fingerprint density at radius 3 is 2.00 bits per heavy atom. The number of unbranched alkanes of at least 4 members (excludes halogenated alkanes) is 6. The fraction of sp³-hybridized carbons (Fsp3) is 0.900. The van der Waals surface area contributed by atoms with Gasteiger partial charge in [-0.3, -0.25) is 0 Å². The quantitative estimate of drug-likeness (QED) is 0.264. The summed E-state index contributed by atoms with van der Waals surface area (Å²) in [6.45, 7) is 0.653. The normalized spacial score (nSPS) is 9.62. The molecule has 0 rings (SSSR count). The summed E-state index contributed by atoms with van der Waals surface area (Å²) in [4.78, 5) is 13.2. The molecule has 0 atom stereocenters. The highest BCUT2D eigenvalue weighted by Gasteiger charge is 1.90. The van der Waals surface area contributed by atoms with Gasteiger partial charge in [0.2, 0.25) is 6.08 Å². The molecule has 0 aromatic heterocycles. The third-order valence-electron chi connectivity index (χ3n) is 1.99. The van der Waals surface area contributed by atoms with E-state index in [-0.39, 0.29) is 0 Å². The average Bonchev–Trinajstić information content (AvgIpc) is 2.16. The maximum Gasteiger partial charge on any atom is 0.234 e. The van der Waals surface area contributed by atoms with Gasteiger partial charge >= 0.3 is 0 Å². The number of rotatable bonds is 9. The van der Waals surface area contributed by atoms with Crippen LogP contribution in [0.15, 0.2) is 4.99 Å². The first kappa shape index (κ1) is 12.7. The Balaban J connectivity index is 2.87. The van der Waals surface area contributed by atoms with Crippen molar-refractivity contribution in [1.82, 2.24) is 0 Å². The summed E-state index contributed by atoms with van der Waals surface area (Å²) in [5.41, 5.74) is 0. The van der Waals surface area contributed by atoms with Crippen LogP contribution < -0.4 is 0 Å². The van der Waals surface area contributed by atoms with Crippen molar-refractivity contribution in [2.75, 3.05) is 12.3 Å². The second-order valence-electron chi connectivity index (χ2n) is 3.17. The summed E-state index contributed by atoms with van der Waals surface area (Å²) in [6, 6.07) is 0. The molecule has 0 aliphatic rings. The van der Waals surface area contributed by atoms with Gasteiger partial charge in [0.1, 0.15) is 0 Å². The lowest BCUT2D eigenvalue weighted by Gasteiger charge is -1.98. The number of hydrogen-bond donors (Lipinski definition) is 1. The molecule has 0 heterocycles. The second-order valence-corrected chi connectivity index (χ2v) is 3.62. The van der Waals surface area contributed by atoms with Crippen molar-refractivity contribution in [2.24, 2.45) is 4.99 Å². The van der Waals surface area contributed by atoms with E-state index in [4.69, 9.17) is 0 Å². The van der Waals surface area contributed by atoms with Gasteiger partial charge in [0.15, 0.2) is 0 Å². The van der Waals surface area contributed by atoms with E-state index < -0.39 is 0 Å². The van der Waals surface area contributed by atoms with Crippen molar-refractivity contribution in [3.8, 4) is 0 Å². The van der Waals surface area contributed by atoms with Crippen molar-refractivity contribution < 1.29 is 4.79 Å². The number of carbonyl (C=O) groups excluding carboxylic acids is 1. The van der Waals surface area contributed by atoms with Gasteiger partial charge in [-0.25, -0.2) is 9.79 Å². The SMILES string of the molecule is O=C=NCCCCCCCCCS. The predicted molar refractivity (Wildman–Crippen MR) is 59.2 cm³/mol. The molecule has 0 N–H and O–H groups in total. The molecule has 0 aliphatic heterocycles. The van der Waals surface area contributed by atoms with Gasteiger partial charge < -0.3 is 0 Å². The van der Waals surface area contributed by atoms with Gasteiger partial charge in [-0.1, -0.05) is 32.1 Å². The Bertz CT molecular complexity index is 144. The molecular formula is C10H19NOS. The number of nitrogens with zero attached hydrogens (tertiary/aromatic N) is 1. The molecule has 0 spiro atoms. The molecule has 2 nitrogen and oxygen atoms in total. The van der Waals surface area contributed by atoms with Gasteiger partial charge in [0.25, 0.3) is 0 Å². The first-order chi connectivity index (χ1) is 6.41. The monoisotopic (exact) mass is 201 g/mol. The van der Waals surface area contributed by atoms with Crippen molar-refractivity contribution in [3.63, 3.8) is 0 Å². The van der Waals surface area contributed by atoms with Crippen LogP contribution in [-0.2, 0) is 4.79 Å². The predicted octanol–water partition coefficient (Wildman–Crippen LogP) is 2.98. The molecule has 0 aromatic rings. The van der Waals surface area contributed by atoms with Crippen molar-refractivity contribution >= 4 is 18.7 Å². The third-order valence-corrected chi connectivity index (χ3v) is 2.31. The number of thiol groups is 1. The molecule has 0 aliphatic carbocycles. The molecule has 0 radical (unpaired) electrons. The van der Waals surface area contributed by atoms with Gasteiger partial charge in [-0.15, -0.1) is 0 Å². The topological polar surface area (TPSA) is 29.4 Å². The molecule has 0 bridgehead atoms. The molecule has 0 unspecified atom stereocenters. The van der Waals surface area contributed by atoms with E-state index in [0.717, 1.165) is 12.2 Å². The summed E-state index contributed by atoms with van der Waals surface area (Å²) in [6.07, 6.45) is 10.2. The van der Waals surface area contributed by atoms with E-state index in [2.05, 4.69) is 17.6 Å². The number of isocyanates is 1. The van der Waals surface area contributed by atoms with Gasteiger partial charge in [0, 0.05) is 0 Å². The summed E-state index contributed by atoms with van der Waals surface area (Å²) in [5, 5.41) is 0. The Morgan fingerprint density at radius 2 is 1.46 bits per heavy atom. The molecule has 13 heavy (non-hydrogen) atoms. The van der Waals surface area contributed by atoms with Crippen LogP contribution in [0.2, 0.25) is 0 Å². The van der Waals surface area contributed by atoms with Crippen LogP contribution in [0.25, 0.3) is 0 Å². The van der Waals surface area contributed by atoms with E-state index in [1.54, 1.807) is 6.08 Å². The highest BCUT2D eigenvalue weighted by atomic mass is 32.1. The minimum absolute atomic E-state index is 0.653. The van der Waals surface area contributed by atoms with Crippen LogP contribution in [-0.4, -0.2) is 18.4 Å². The first-order valence-corrected chi connectivity index (χ1v) is 5.69. The van der Waals surface area contributed by atoms with Crippen LogP contribution >= 0.6 is 12.6 Å². The minimum Gasteiger partial charge on any atom is -0.211 e. The molecule has 0 saturated carbocycles. The fourth-order valence-corrected chi connectivity index (χ4v) is 1.46. The minimum atomic E-state index is 0.653. The van der Waals surface area contributed by atoms with Crippen LogP contribution in [0.4, 0.5) is 0 Å². The fourth-order valence-electron chi connectivity index (χ4n) is 1.23. The maximum atomic E-state index is 9.71. The van der Waals surface area contributed by atoms with Crippen LogP contribution in [0.3, 0.4) is 0 Å². The molecule has 0 fully saturated rings. The summed E-state index contributed by atoms with van der Waals surface area (Å²) < 4.78 is 0. The first-order valence-electron chi connectivity index (χ1n) is 5.06. The van der Waals surface area contributed by atoms with Crippen LogP contribution in [0, 0.1) is 0 Å². The zero-order valence-electron chi connectivity index (χ0n) is 8.17. The van der Waals surface area contributed by atoms with E-state index in [1.807, 2.05) is 0 Å². The molecule has 76 valence electrons. The number of hydrogen-bond acceptors (Lipinski definition) is 3. The Hall–Kier alpha value is -0.270. The van der Waals surface area contributed by atoms with Crippen molar-refractivity contribution in [3.05, 3.63) is 0 Å². The summed E-state index contributed by atoms with van der Waals surface area (Å²) in [5.74, 6) is 1.01. The third kappa shape index (κ3) is 11.7. The largest absolute Gasteiger partial charge is 0.234 e. The van der Waals surface area contributed by atoms with E-state index >= 15 is 0 Å². The molecule has 3 heteroatoms. The Labute approximate surface area is 86.2 Å². The second kappa shape index (κ2) is 11.7. The lowest BCUT2D eigenvalue weighted by atomic mass is 10.1. The summed E-state index contributed by atoms with van der Waals surface area (Å²) in [7, 11) is 0. The average molecular weight is 201 g/mol. The van der Waals surface area contributed by atoms with Crippen LogP contribution in [0.1, 0.15) is 44.9 Å². The van der Waals surface area contributed by atoms with E-state index in [0.29, 0.717) is 6.54 Å². The smallest absolute Gasteiger partial charge is 0.211 e. The standard InChI is InChI=1S/C10H19NOS/c12-10-11-8-6-4-2-1-3-5-7-9-13/h13H,1-9H2. The Kier molecular flexibility index (Phi) is 11.5. The van der Waals surface area contributed by atoms with E-state index in [9.17, 15) is 4.79 Å². The highest BCUT2D eigenvalue weighted by molar-refractivity contribution is 7.80. The molecular weight excluding hydrogens is 182 g/mol.